The Morgan fingerprint density at radius 3 is 2.32 bits per heavy atom. The Morgan fingerprint density at radius 2 is 1.71 bits per heavy atom. The Labute approximate surface area is 234 Å². The van der Waals surface area contributed by atoms with Crippen molar-refractivity contribution in [3.63, 3.8) is 0 Å². The summed E-state index contributed by atoms with van der Waals surface area (Å²) in [5, 5.41) is 3.94. The van der Waals surface area contributed by atoms with Gasteiger partial charge in [-0.05, 0) is 24.5 Å². The smallest absolute Gasteiger partial charge is 0.231 e. The molecule has 2 aromatic carbocycles. The first kappa shape index (κ1) is 27.9. The van der Waals surface area contributed by atoms with Crippen LogP contribution in [0.25, 0.3) is 0 Å². The van der Waals surface area contributed by atoms with Crippen LogP contribution in [0.1, 0.15) is 50.3 Å². The highest BCUT2D eigenvalue weighted by Crippen LogP contribution is 2.26. The summed E-state index contributed by atoms with van der Waals surface area (Å²) in [5.74, 6) is 0.968. The zero-order valence-electron chi connectivity index (χ0n) is 21.8. The number of nitrogens with one attached hydrogen (secondary N) is 1. The minimum atomic E-state index is -0.251. The molecule has 200 valence electrons. The highest BCUT2D eigenvalue weighted by Gasteiger charge is 2.28. The van der Waals surface area contributed by atoms with Crippen LogP contribution in [-0.4, -0.2) is 58.1 Å². The lowest BCUT2D eigenvalue weighted by Crippen LogP contribution is -2.54. The zero-order chi connectivity index (χ0) is 26.9. The fraction of sp³-hybridized carbons (Fsp3) is 0.379. The van der Waals surface area contributed by atoms with Gasteiger partial charge in [-0.1, -0.05) is 97.4 Å². The predicted molar refractivity (Wildman–Crippen MR) is 154 cm³/mol. The molecule has 4 rings (SSSR count). The Kier molecular flexibility index (Phi) is 10.0. The molecule has 0 unspecified atom stereocenters. The molecule has 2 heterocycles. The van der Waals surface area contributed by atoms with E-state index in [1.54, 1.807) is 6.07 Å². The second-order valence-electron chi connectivity index (χ2n) is 9.43. The van der Waals surface area contributed by atoms with Gasteiger partial charge in [-0.15, -0.1) is 0 Å². The number of hydrogen-bond donors (Lipinski definition) is 1. The van der Waals surface area contributed by atoms with Crippen LogP contribution in [0, 0.1) is 0 Å². The maximum Gasteiger partial charge on any atom is 0.231 e. The SMILES string of the molecule is CCCCC(=O)N1CCN(c2cc(Cl)nc(SCC(=O)NC(c3ccccc3)c3ccccc3)n2)C[C@H]1C. The van der Waals surface area contributed by atoms with Gasteiger partial charge in [0.1, 0.15) is 11.0 Å². The lowest BCUT2D eigenvalue weighted by molar-refractivity contribution is -0.133. The molecule has 2 amide bonds. The lowest BCUT2D eigenvalue weighted by atomic mass is 9.99. The van der Waals surface area contributed by atoms with E-state index < -0.39 is 0 Å². The van der Waals surface area contributed by atoms with Crippen LogP contribution in [-0.2, 0) is 9.59 Å². The van der Waals surface area contributed by atoms with Gasteiger partial charge < -0.3 is 15.1 Å². The third-order valence-corrected chi connectivity index (χ3v) is 7.62. The van der Waals surface area contributed by atoms with Crippen LogP contribution in [0.2, 0.25) is 5.15 Å². The molecule has 1 atom stereocenters. The fourth-order valence-electron chi connectivity index (χ4n) is 4.60. The summed E-state index contributed by atoms with van der Waals surface area (Å²) in [7, 11) is 0. The van der Waals surface area contributed by atoms with Crippen molar-refractivity contribution in [1.29, 1.82) is 0 Å². The van der Waals surface area contributed by atoms with Crippen LogP contribution in [0.5, 0.6) is 0 Å². The average molecular weight is 552 g/mol. The van der Waals surface area contributed by atoms with E-state index in [9.17, 15) is 9.59 Å². The summed E-state index contributed by atoms with van der Waals surface area (Å²) in [6, 6.07) is 21.4. The number of rotatable bonds is 10. The first-order valence-electron chi connectivity index (χ1n) is 13.1. The van der Waals surface area contributed by atoms with Crippen molar-refractivity contribution in [3.8, 4) is 0 Å². The van der Waals surface area contributed by atoms with Crippen LogP contribution < -0.4 is 10.2 Å². The van der Waals surface area contributed by atoms with E-state index >= 15 is 0 Å². The molecule has 7 nitrogen and oxygen atoms in total. The van der Waals surface area contributed by atoms with Gasteiger partial charge in [0.2, 0.25) is 11.8 Å². The molecule has 0 saturated carbocycles. The summed E-state index contributed by atoms with van der Waals surface area (Å²) >= 11 is 7.60. The highest BCUT2D eigenvalue weighted by molar-refractivity contribution is 7.99. The van der Waals surface area contributed by atoms with Gasteiger partial charge in [-0.3, -0.25) is 9.59 Å². The van der Waals surface area contributed by atoms with E-state index in [0.717, 1.165) is 24.0 Å². The van der Waals surface area contributed by atoms with Gasteiger partial charge in [0.05, 0.1) is 11.8 Å². The highest BCUT2D eigenvalue weighted by atomic mass is 35.5. The number of aromatic nitrogens is 2. The number of nitrogens with zero attached hydrogens (tertiary/aromatic N) is 4. The fourth-order valence-corrected chi connectivity index (χ4v) is 5.49. The van der Waals surface area contributed by atoms with Crippen molar-refractivity contribution in [3.05, 3.63) is 83.0 Å². The van der Waals surface area contributed by atoms with Gasteiger partial charge in [0.15, 0.2) is 5.16 Å². The number of hydrogen-bond acceptors (Lipinski definition) is 6. The number of amides is 2. The third-order valence-electron chi connectivity index (χ3n) is 6.58. The molecule has 3 aromatic rings. The third kappa shape index (κ3) is 7.48. The monoisotopic (exact) mass is 551 g/mol. The Morgan fingerprint density at radius 1 is 1.05 bits per heavy atom. The number of halogens is 1. The molecule has 38 heavy (non-hydrogen) atoms. The van der Waals surface area contributed by atoms with Crippen LogP contribution in [0.4, 0.5) is 5.82 Å². The van der Waals surface area contributed by atoms with Crippen LogP contribution in [0.3, 0.4) is 0 Å². The van der Waals surface area contributed by atoms with Crippen molar-refractivity contribution >= 4 is 41.0 Å². The minimum Gasteiger partial charge on any atom is -0.353 e. The number of anilines is 1. The van der Waals surface area contributed by atoms with Gasteiger partial charge in [-0.25, -0.2) is 9.97 Å². The van der Waals surface area contributed by atoms with Crippen molar-refractivity contribution in [1.82, 2.24) is 20.2 Å². The van der Waals surface area contributed by atoms with Crippen molar-refractivity contribution in [2.75, 3.05) is 30.3 Å². The second-order valence-corrected chi connectivity index (χ2v) is 10.8. The van der Waals surface area contributed by atoms with Crippen molar-refractivity contribution in [2.24, 2.45) is 0 Å². The van der Waals surface area contributed by atoms with E-state index in [0.29, 0.717) is 42.2 Å². The zero-order valence-corrected chi connectivity index (χ0v) is 23.4. The first-order valence-corrected chi connectivity index (χ1v) is 14.4. The number of carbonyl (C=O) groups is 2. The van der Waals surface area contributed by atoms with Gasteiger partial charge in [0.25, 0.3) is 0 Å². The molecule has 0 aliphatic carbocycles. The maximum atomic E-state index is 13.0. The topological polar surface area (TPSA) is 78.4 Å². The van der Waals surface area contributed by atoms with E-state index in [4.69, 9.17) is 11.6 Å². The van der Waals surface area contributed by atoms with E-state index in [2.05, 4.69) is 34.0 Å². The quantitative estimate of drug-likeness (QED) is 0.208. The van der Waals surface area contributed by atoms with Gasteiger partial charge >= 0.3 is 0 Å². The number of carbonyl (C=O) groups excluding carboxylic acids is 2. The predicted octanol–water partition coefficient (Wildman–Crippen LogP) is 5.36. The Bertz CT molecular complexity index is 1170. The molecule has 1 saturated heterocycles. The lowest BCUT2D eigenvalue weighted by Gasteiger charge is -2.40. The van der Waals surface area contributed by atoms with Gasteiger partial charge in [-0.2, -0.15) is 0 Å². The molecule has 0 spiro atoms. The second kappa shape index (κ2) is 13.6. The number of benzene rings is 2. The molecule has 1 aliphatic rings. The largest absolute Gasteiger partial charge is 0.353 e. The number of piperazine rings is 1. The summed E-state index contributed by atoms with van der Waals surface area (Å²) in [4.78, 5) is 38.7. The average Bonchev–Trinajstić information content (AvgIpc) is 2.94. The molecular weight excluding hydrogens is 518 g/mol. The number of unbranched alkanes of at least 4 members (excludes halogenated alkanes) is 1. The number of thioether (sulfide) groups is 1. The van der Waals surface area contributed by atoms with Gasteiger partial charge in [0, 0.05) is 38.2 Å². The van der Waals surface area contributed by atoms with E-state index in [1.807, 2.05) is 65.6 Å². The normalized spacial score (nSPS) is 15.5. The van der Waals surface area contributed by atoms with E-state index in [1.165, 1.54) is 11.8 Å². The van der Waals surface area contributed by atoms with Crippen LogP contribution >= 0.6 is 23.4 Å². The standard InChI is InChI=1S/C29H34ClN5O2S/c1-3-4-15-27(37)35-17-16-34(19-21(35)2)25-18-24(30)31-29(32-25)38-20-26(36)33-28(22-11-7-5-8-12-22)23-13-9-6-10-14-23/h5-14,18,21,28H,3-4,15-17,19-20H2,1-2H3,(H,33,36)/t21-/m1/s1. The maximum absolute atomic E-state index is 13.0. The van der Waals surface area contributed by atoms with Crippen LogP contribution in [0.15, 0.2) is 71.9 Å². The molecule has 0 bridgehead atoms. The molecule has 1 aromatic heterocycles. The summed E-state index contributed by atoms with van der Waals surface area (Å²) < 4.78 is 0. The molecule has 1 aliphatic heterocycles. The van der Waals surface area contributed by atoms with E-state index in [-0.39, 0.29) is 29.7 Å². The summed E-state index contributed by atoms with van der Waals surface area (Å²) in [6.45, 7) is 6.16. The molecule has 0 radical (unpaired) electrons. The summed E-state index contributed by atoms with van der Waals surface area (Å²) in [5.41, 5.74) is 2.03. The Balaban J connectivity index is 1.39. The molecule has 9 heteroatoms. The first-order chi connectivity index (χ1) is 18.4. The van der Waals surface area contributed by atoms with Crippen molar-refractivity contribution < 1.29 is 9.59 Å². The molecule has 1 fully saturated rings. The molecular formula is C29H34ClN5O2S. The molecule has 1 N–H and O–H groups in total. The Hall–Kier alpha value is -3.10. The minimum absolute atomic E-state index is 0.0802. The van der Waals surface area contributed by atoms with Crippen molar-refractivity contribution in [2.45, 2.75) is 50.4 Å². The summed E-state index contributed by atoms with van der Waals surface area (Å²) in [6.07, 6.45) is 2.52.